The third kappa shape index (κ3) is 8.55. The molecule has 302 valence electrons. The third-order valence-electron chi connectivity index (χ3n) is 12.6. The van der Waals surface area contributed by atoms with E-state index in [4.69, 9.17) is 0 Å². The van der Waals surface area contributed by atoms with Crippen molar-refractivity contribution in [3.8, 4) is 22.3 Å². The second-order valence-corrected chi connectivity index (χ2v) is 16.6. The second-order valence-electron chi connectivity index (χ2n) is 16.6. The number of allylic oxidation sites excluding steroid dienone is 15. The van der Waals surface area contributed by atoms with Crippen LogP contribution in [0.2, 0.25) is 0 Å². The van der Waals surface area contributed by atoms with Crippen LogP contribution in [0, 0.1) is 5.92 Å². The molecule has 6 aromatic rings. The van der Waals surface area contributed by atoms with Crippen LogP contribution in [0.3, 0.4) is 0 Å². The fourth-order valence-corrected chi connectivity index (χ4v) is 9.28. The molecule has 0 heterocycles. The number of nitrogens with zero attached hydrogens (tertiary/aromatic N) is 2. The summed E-state index contributed by atoms with van der Waals surface area (Å²) in [5, 5.41) is 0. The van der Waals surface area contributed by atoms with Crippen molar-refractivity contribution in [1.29, 1.82) is 0 Å². The first kappa shape index (κ1) is 39.0. The van der Waals surface area contributed by atoms with Crippen molar-refractivity contribution in [3.05, 3.63) is 259 Å². The van der Waals surface area contributed by atoms with Gasteiger partial charge in [-0.25, -0.2) is 0 Å². The Hall–Kier alpha value is -7.16. The summed E-state index contributed by atoms with van der Waals surface area (Å²) in [5.74, 6) is 0.796. The molecule has 0 spiro atoms. The van der Waals surface area contributed by atoms with E-state index in [1.54, 1.807) is 0 Å². The van der Waals surface area contributed by atoms with Gasteiger partial charge in [0.15, 0.2) is 0 Å². The molecule has 0 N–H and O–H groups in total. The van der Waals surface area contributed by atoms with Crippen LogP contribution in [0.4, 0.5) is 22.7 Å². The monoisotopic (exact) mass is 800 g/mol. The fourth-order valence-electron chi connectivity index (χ4n) is 9.28. The Balaban J connectivity index is 0.844. The standard InChI is InChI=1S/C60H52N2/c1-5-14-45(15-6-1)48-28-36-57(37-29-48)61(55-20-9-3-10-21-55)59-40-32-50(33-41-59)47-24-26-51(27-25-47)53-18-13-19-54(44-53)52-34-42-60(43-35-52)62(56-22-11-4-12-23-56)58-38-30-49(31-39-58)46-16-7-2-8-17-46/h1,3-7,9-11,13-18,20-22,24-30,32-44,49,54H,2,8,12,19,23,31H2. The van der Waals surface area contributed by atoms with E-state index in [9.17, 15) is 0 Å². The van der Waals surface area contributed by atoms with Crippen LogP contribution in [0.5, 0.6) is 0 Å². The van der Waals surface area contributed by atoms with E-state index >= 15 is 0 Å². The van der Waals surface area contributed by atoms with Crippen molar-refractivity contribution in [1.82, 2.24) is 0 Å². The molecular weight excluding hydrogens is 749 g/mol. The van der Waals surface area contributed by atoms with Gasteiger partial charge in [-0.3, -0.25) is 0 Å². The largest absolute Gasteiger partial charge is 0.315 e. The van der Waals surface area contributed by atoms with Gasteiger partial charge in [0.1, 0.15) is 0 Å². The van der Waals surface area contributed by atoms with Crippen molar-refractivity contribution < 1.29 is 0 Å². The van der Waals surface area contributed by atoms with Gasteiger partial charge in [-0.15, -0.1) is 0 Å². The Labute approximate surface area is 367 Å². The molecule has 4 aliphatic rings. The van der Waals surface area contributed by atoms with Gasteiger partial charge in [-0.2, -0.15) is 0 Å². The molecule has 2 atom stereocenters. The predicted octanol–water partition coefficient (Wildman–Crippen LogP) is 16.4. The number of hydrogen-bond donors (Lipinski definition) is 0. The molecular formula is C60H52N2. The SMILES string of the molecule is C1=CCCC(N(C2=CCC(C3=CCCC=C3)C=C2)c2ccc(C3C=C(c4ccc(-c5ccc(N(c6ccccc6)c6ccc(-c7ccccc7)cc6)cc5)cc4)C=CC3)cc2)=C1. The first-order valence-corrected chi connectivity index (χ1v) is 22.3. The molecule has 2 unspecified atom stereocenters. The summed E-state index contributed by atoms with van der Waals surface area (Å²) in [6.07, 6.45) is 34.6. The lowest BCUT2D eigenvalue weighted by atomic mass is 9.87. The van der Waals surface area contributed by atoms with Gasteiger partial charge in [0.05, 0.1) is 0 Å². The van der Waals surface area contributed by atoms with Crippen LogP contribution in [-0.2, 0) is 0 Å². The Morgan fingerprint density at radius 2 is 1.02 bits per heavy atom. The van der Waals surface area contributed by atoms with Crippen molar-refractivity contribution in [2.75, 3.05) is 9.80 Å². The van der Waals surface area contributed by atoms with Gasteiger partial charge in [0, 0.05) is 46.0 Å². The van der Waals surface area contributed by atoms with E-state index in [0.717, 1.165) is 55.6 Å². The van der Waals surface area contributed by atoms with Crippen LogP contribution < -0.4 is 9.80 Å². The van der Waals surface area contributed by atoms with E-state index in [2.05, 4.69) is 240 Å². The molecule has 0 bridgehead atoms. The number of hydrogen-bond acceptors (Lipinski definition) is 2. The van der Waals surface area contributed by atoms with Crippen molar-refractivity contribution in [2.45, 2.75) is 44.4 Å². The molecule has 10 rings (SSSR count). The highest BCUT2D eigenvalue weighted by molar-refractivity contribution is 5.81. The van der Waals surface area contributed by atoms with Crippen LogP contribution in [0.25, 0.3) is 27.8 Å². The van der Waals surface area contributed by atoms with E-state index in [1.165, 1.54) is 61.6 Å². The zero-order valence-corrected chi connectivity index (χ0v) is 35.2. The van der Waals surface area contributed by atoms with Crippen LogP contribution >= 0.6 is 0 Å². The van der Waals surface area contributed by atoms with Gasteiger partial charge in [-0.05, 0) is 144 Å². The van der Waals surface area contributed by atoms with Crippen LogP contribution in [0.15, 0.2) is 248 Å². The minimum Gasteiger partial charge on any atom is -0.315 e. The highest BCUT2D eigenvalue weighted by Gasteiger charge is 2.22. The summed E-state index contributed by atoms with van der Waals surface area (Å²) in [5.41, 5.74) is 17.4. The molecule has 62 heavy (non-hydrogen) atoms. The zero-order chi connectivity index (χ0) is 41.5. The molecule has 0 radical (unpaired) electrons. The van der Waals surface area contributed by atoms with Crippen molar-refractivity contribution >= 4 is 28.3 Å². The lowest BCUT2D eigenvalue weighted by Gasteiger charge is -2.32. The lowest BCUT2D eigenvalue weighted by Crippen LogP contribution is -2.23. The fraction of sp³-hybridized carbons (Fsp3) is 0.133. The van der Waals surface area contributed by atoms with Gasteiger partial charge in [0.25, 0.3) is 0 Å². The molecule has 2 heteroatoms. The predicted molar refractivity (Wildman–Crippen MR) is 264 cm³/mol. The quantitative estimate of drug-likeness (QED) is 0.129. The second kappa shape index (κ2) is 18.2. The van der Waals surface area contributed by atoms with Gasteiger partial charge in [-0.1, -0.05) is 170 Å². The molecule has 0 saturated carbocycles. The summed E-state index contributed by atoms with van der Waals surface area (Å²) in [6.45, 7) is 0. The smallest absolute Gasteiger partial charge is 0.0462 e. The summed E-state index contributed by atoms with van der Waals surface area (Å²) >= 11 is 0. The van der Waals surface area contributed by atoms with Crippen LogP contribution in [-0.4, -0.2) is 0 Å². The molecule has 0 aliphatic heterocycles. The van der Waals surface area contributed by atoms with Gasteiger partial charge < -0.3 is 9.80 Å². The summed E-state index contributed by atoms with van der Waals surface area (Å²) < 4.78 is 0. The molecule has 0 saturated heterocycles. The van der Waals surface area contributed by atoms with E-state index in [0.29, 0.717) is 11.8 Å². The Bertz CT molecular complexity index is 2740. The lowest BCUT2D eigenvalue weighted by molar-refractivity contribution is 0.757. The number of benzene rings is 6. The minimum absolute atomic E-state index is 0.329. The first-order valence-electron chi connectivity index (χ1n) is 22.3. The normalized spacial score (nSPS) is 18.1. The Morgan fingerprint density at radius 1 is 0.419 bits per heavy atom. The Morgan fingerprint density at radius 3 is 1.63 bits per heavy atom. The maximum absolute atomic E-state index is 2.48. The molecule has 0 fully saturated rings. The average Bonchev–Trinajstić information content (AvgIpc) is 3.36. The maximum Gasteiger partial charge on any atom is 0.0462 e. The molecule has 0 aromatic heterocycles. The Kier molecular flexibility index (Phi) is 11.5. The first-order chi connectivity index (χ1) is 30.7. The number of rotatable bonds is 11. The zero-order valence-electron chi connectivity index (χ0n) is 35.2. The van der Waals surface area contributed by atoms with Crippen molar-refractivity contribution in [2.24, 2.45) is 5.92 Å². The van der Waals surface area contributed by atoms with Gasteiger partial charge in [0.2, 0.25) is 0 Å². The molecule has 0 amide bonds. The number of para-hydroxylation sites is 1. The number of anilines is 4. The highest BCUT2D eigenvalue weighted by atomic mass is 15.2. The molecule has 4 aliphatic carbocycles. The topological polar surface area (TPSA) is 6.48 Å². The molecule has 2 nitrogen and oxygen atoms in total. The van der Waals surface area contributed by atoms with E-state index in [-0.39, 0.29) is 0 Å². The highest BCUT2D eigenvalue weighted by Crippen LogP contribution is 2.39. The summed E-state index contributed by atoms with van der Waals surface area (Å²) in [7, 11) is 0. The van der Waals surface area contributed by atoms with E-state index in [1.807, 2.05) is 0 Å². The van der Waals surface area contributed by atoms with Crippen LogP contribution in [0.1, 0.15) is 55.6 Å². The summed E-state index contributed by atoms with van der Waals surface area (Å²) in [4.78, 5) is 4.80. The molecule has 6 aromatic carbocycles. The minimum atomic E-state index is 0.329. The maximum atomic E-state index is 2.48. The third-order valence-corrected chi connectivity index (χ3v) is 12.6. The average molecular weight is 801 g/mol. The van der Waals surface area contributed by atoms with E-state index < -0.39 is 0 Å². The van der Waals surface area contributed by atoms with Crippen molar-refractivity contribution in [3.63, 3.8) is 0 Å². The summed E-state index contributed by atoms with van der Waals surface area (Å²) in [6, 6.07) is 57.4. The van der Waals surface area contributed by atoms with Gasteiger partial charge >= 0.3 is 0 Å².